The highest BCUT2D eigenvalue weighted by Crippen LogP contribution is 2.17. The number of nitrogens with one attached hydrogen (secondary N) is 1. The highest BCUT2D eigenvalue weighted by atomic mass is 19.1. The van der Waals surface area contributed by atoms with Gasteiger partial charge in [0.1, 0.15) is 11.4 Å². The van der Waals surface area contributed by atoms with E-state index >= 15 is 0 Å². The quantitative estimate of drug-likeness (QED) is 0.787. The highest BCUT2D eigenvalue weighted by Gasteiger charge is 2.43. The van der Waals surface area contributed by atoms with Gasteiger partial charge in [-0.3, -0.25) is 19.4 Å². The van der Waals surface area contributed by atoms with Gasteiger partial charge in [-0.25, -0.2) is 9.18 Å². The molecule has 0 bridgehead atoms. The minimum atomic E-state index is -0.830. The molecule has 0 aliphatic carbocycles. The summed E-state index contributed by atoms with van der Waals surface area (Å²) in [4.78, 5) is 41.7. The fraction of sp³-hybridized carbons (Fsp3) is 0.526. The zero-order chi connectivity index (χ0) is 19.6. The number of rotatable bonds is 5. The van der Waals surface area contributed by atoms with E-state index < -0.39 is 5.54 Å². The Morgan fingerprint density at radius 2 is 1.70 bits per heavy atom. The van der Waals surface area contributed by atoms with Crippen molar-refractivity contribution in [2.24, 2.45) is 0 Å². The number of amides is 4. The molecule has 0 radical (unpaired) electrons. The molecule has 0 atom stereocenters. The van der Waals surface area contributed by atoms with E-state index in [9.17, 15) is 18.8 Å². The van der Waals surface area contributed by atoms with Gasteiger partial charge < -0.3 is 10.2 Å². The van der Waals surface area contributed by atoms with Crippen LogP contribution < -0.4 is 5.32 Å². The number of imide groups is 1. The van der Waals surface area contributed by atoms with Gasteiger partial charge in [0.2, 0.25) is 0 Å². The summed E-state index contributed by atoms with van der Waals surface area (Å²) >= 11 is 0. The molecule has 0 unspecified atom stereocenters. The molecule has 1 aromatic rings. The van der Waals surface area contributed by atoms with Crippen molar-refractivity contribution < 1.29 is 18.8 Å². The Bertz CT molecular complexity index is 727. The van der Waals surface area contributed by atoms with Crippen molar-refractivity contribution in [2.75, 3.05) is 39.3 Å². The van der Waals surface area contributed by atoms with Gasteiger partial charge in [-0.1, -0.05) is 0 Å². The fourth-order valence-corrected chi connectivity index (χ4v) is 3.42. The van der Waals surface area contributed by atoms with Crippen LogP contribution in [0.15, 0.2) is 24.3 Å². The molecule has 27 heavy (non-hydrogen) atoms. The smallest absolute Gasteiger partial charge is 0.325 e. The molecule has 2 aliphatic rings. The van der Waals surface area contributed by atoms with Crippen molar-refractivity contribution in [1.82, 2.24) is 20.0 Å². The number of piperazine rings is 1. The Kier molecular flexibility index (Phi) is 5.46. The Labute approximate surface area is 158 Å². The standard InChI is InChI=1S/C19H25FN4O3/c1-19(2)17(26)24(18(27)21-19)9-3-8-22-10-12-23(13-11-22)16(25)14-4-6-15(20)7-5-14/h4-7H,3,8-13H2,1-2H3,(H,21,27). The summed E-state index contributed by atoms with van der Waals surface area (Å²) in [7, 11) is 0. The van der Waals surface area contributed by atoms with E-state index in [1.54, 1.807) is 18.7 Å². The van der Waals surface area contributed by atoms with Crippen molar-refractivity contribution >= 4 is 17.8 Å². The summed E-state index contributed by atoms with van der Waals surface area (Å²) < 4.78 is 13.0. The zero-order valence-corrected chi connectivity index (χ0v) is 15.7. The molecule has 146 valence electrons. The van der Waals surface area contributed by atoms with Crippen LogP contribution in [-0.4, -0.2) is 77.4 Å². The monoisotopic (exact) mass is 376 g/mol. The molecule has 8 heteroatoms. The first-order valence-corrected chi connectivity index (χ1v) is 9.19. The van der Waals surface area contributed by atoms with E-state index in [1.165, 1.54) is 29.2 Å². The number of halogens is 1. The second-order valence-corrected chi connectivity index (χ2v) is 7.51. The lowest BCUT2D eigenvalue weighted by atomic mass is 10.1. The van der Waals surface area contributed by atoms with Crippen LogP contribution in [0.3, 0.4) is 0 Å². The highest BCUT2D eigenvalue weighted by molar-refractivity contribution is 6.06. The minimum absolute atomic E-state index is 0.0868. The third-order valence-electron chi connectivity index (χ3n) is 5.05. The number of nitrogens with zero attached hydrogens (tertiary/aromatic N) is 3. The molecule has 3 rings (SSSR count). The van der Waals surface area contributed by atoms with Gasteiger partial charge in [0.25, 0.3) is 11.8 Å². The van der Waals surface area contributed by atoms with Crippen molar-refractivity contribution in [1.29, 1.82) is 0 Å². The lowest BCUT2D eigenvalue weighted by molar-refractivity contribution is -0.130. The lowest BCUT2D eigenvalue weighted by Crippen LogP contribution is -2.49. The van der Waals surface area contributed by atoms with Gasteiger partial charge in [0.05, 0.1) is 0 Å². The Morgan fingerprint density at radius 1 is 1.07 bits per heavy atom. The van der Waals surface area contributed by atoms with Gasteiger partial charge in [-0.05, 0) is 51.1 Å². The molecule has 0 aromatic heterocycles. The molecular formula is C19H25FN4O3. The molecule has 2 heterocycles. The Hall–Kier alpha value is -2.48. The Balaban J connectivity index is 1.42. The van der Waals surface area contributed by atoms with Gasteiger partial charge >= 0.3 is 6.03 Å². The molecule has 2 saturated heterocycles. The number of benzene rings is 1. The molecule has 2 fully saturated rings. The van der Waals surface area contributed by atoms with E-state index in [-0.39, 0.29) is 23.7 Å². The Morgan fingerprint density at radius 3 is 2.26 bits per heavy atom. The summed E-state index contributed by atoms with van der Waals surface area (Å²) in [6.07, 6.45) is 0.696. The lowest BCUT2D eigenvalue weighted by Gasteiger charge is -2.35. The zero-order valence-electron chi connectivity index (χ0n) is 15.7. The van der Waals surface area contributed by atoms with Gasteiger partial charge in [-0.2, -0.15) is 0 Å². The summed E-state index contributed by atoms with van der Waals surface area (Å²) in [5.74, 6) is -0.636. The average Bonchev–Trinajstić information content (AvgIpc) is 2.84. The van der Waals surface area contributed by atoms with Gasteiger partial charge in [-0.15, -0.1) is 0 Å². The van der Waals surface area contributed by atoms with Crippen LogP contribution >= 0.6 is 0 Å². The van der Waals surface area contributed by atoms with E-state index in [2.05, 4.69) is 10.2 Å². The third-order valence-corrected chi connectivity index (χ3v) is 5.05. The number of hydrogen-bond acceptors (Lipinski definition) is 4. The van der Waals surface area contributed by atoms with E-state index in [4.69, 9.17) is 0 Å². The van der Waals surface area contributed by atoms with Crippen molar-refractivity contribution in [3.8, 4) is 0 Å². The van der Waals surface area contributed by atoms with Gasteiger partial charge in [0, 0.05) is 38.3 Å². The van der Waals surface area contributed by atoms with Crippen LogP contribution in [0.25, 0.3) is 0 Å². The van der Waals surface area contributed by atoms with Crippen LogP contribution in [0.2, 0.25) is 0 Å². The van der Waals surface area contributed by atoms with Crippen LogP contribution in [0.4, 0.5) is 9.18 Å². The molecule has 1 aromatic carbocycles. The van der Waals surface area contributed by atoms with Gasteiger partial charge in [0.15, 0.2) is 0 Å². The van der Waals surface area contributed by atoms with Crippen molar-refractivity contribution in [2.45, 2.75) is 25.8 Å². The number of hydrogen-bond donors (Lipinski definition) is 1. The SMILES string of the molecule is CC1(C)NC(=O)N(CCCN2CCN(C(=O)c3ccc(F)cc3)CC2)C1=O. The second-order valence-electron chi connectivity index (χ2n) is 7.51. The molecular weight excluding hydrogens is 351 g/mol. The fourth-order valence-electron chi connectivity index (χ4n) is 3.42. The van der Waals surface area contributed by atoms with E-state index in [1.807, 2.05) is 0 Å². The number of urea groups is 1. The summed E-state index contributed by atoms with van der Waals surface area (Å²) in [5, 5.41) is 2.67. The van der Waals surface area contributed by atoms with Crippen LogP contribution in [0.1, 0.15) is 30.6 Å². The molecule has 7 nitrogen and oxygen atoms in total. The molecule has 2 aliphatic heterocycles. The van der Waals surface area contributed by atoms with E-state index in [0.29, 0.717) is 31.6 Å². The molecule has 0 spiro atoms. The summed E-state index contributed by atoms with van der Waals surface area (Å²) in [6.45, 7) is 7.23. The minimum Gasteiger partial charge on any atom is -0.336 e. The predicted octanol–water partition coefficient (Wildman–Crippen LogP) is 1.30. The topological polar surface area (TPSA) is 73.0 Å². The predicted molar refractivity (Wildman–Crippen MR) is 97.7 cm³/mol. The summed E-state index contributed by atoms with van der Waals surface area (Å²) in [6, 6.07) is 5.26. The maximum Gasteiger partial charge on any atom is 0.325 e. The average molecular weight is 376 g/mol. The van der Waals surface area contributed by atoms with Crippen molar-refractivity contribution in [3.63, 3.8) is 0 Å². The molecule has 1 N–H and O–H groups in total. The van der Waals surface area contributed by atoms with Crippen molar-refractivity contribution in [3.05, 3.63) is 35.6 Å². The third kappa shape index (κ3) is 4.27. The first-order chi connectivity index (χ1) is 12.8. The molecule has 4 amide bonds. The maximum atomic E-state index is 13.0. The summed E-state index contributed by atoms with van der Waals surface area (Å²) in [5.41, 5.74) is -0.338. The van der Waals surface area contributed by atoms with Crippen LogP contribution in [0, 0.1) is 5.82 Å². The first-order valence-electron chi connectivity index (χ1n) is 9.19. The largest absolute Gasteiger partial charge is 0.336 e. The molecule has 0 saturated carbocycles. The van der Waals surface area contributed by atoms with E-state index in [0.717, 1.165) is 19.6 Å². The van der Waals surface area contributed by atoms with Crippen LogP contribution in [0.5, 0.6) is 0 Å². The van der Waals surface area contributed by atoms with Crippen LogP contribution in [-0.2, 0) is 4.79 Å². The second kappa shape index (κ2) is 7.64. The first kappa shape index (κ1) is 19.3. The number of carbonyl (C=O) groups is 3. The maximum absolute atomic E-state index is 13.0. The number of carbonyl (C=O) groups excluding carboxylic acids is 3. The normalized spacial score (nSPS) is 20.1.